The lowest BCUT2D eigenvalue weighted by atomic mass is 10.1. The minimum atomic E-state index is -0.813. The molecule has 1 heterocycles. The number of rotatable bonds is 6. The second kappa shape index (κ2) is 8.18. The van der Waals surface area contributed by atoms with Crippen molar-refractivity contribution in [3.05, 3.63) is 95.6 Å². The number of imidazole rings is 1. The van der Waals surface area contributed by atoms with Crippen molar-refractivity contribution >= 4 is 28.8 Å². The Bertz CT molecular complexity index is 1200. The van der Waals surface area contributed by atoms with Crippen molar-refractivity contribution in [3.63, 3.8) is 0 Å². The molecule has 0 radical (unpaired) electrons. The number of benzene rings is 3. The van der Waals surface area contributed by atoms with Gasteiger partial charge in [-0.1, -0.05) is 48.5 Å². The van der Waals surface area contributed by atoms with Crippen molar-refractivity contribution in [1.29, 1.82) is 0 Å². The summed E-state index contributed by atoms with van der Waals surface area (Å²) in [7, 11) is 0. The molecule has 4 N–H and O–H groups in total. The lowest BCUT2D eigenvalue weighted by Gasteiger charge is -2.15. The van der Waals surface area contributed by atoms with Crippen LogP contribution in [0.4, 0.5) is 5.95 Å². The number of nitrogens with zero attached hydrogens (tertiary/aromatic N) is 2. The maximum absolute atomic E-state index is 12.7. The Hall–Kier alpha value is -3.97. The van der Waals surface area contributed by atoms with Crippen LogP contribution < -0.4 is 11.1 Å². The van der Waals surface area contributed by atoms with Crippen molar-refractivity contribution in [2.75, 3.05) is 5.32 Å². The Labute approximate surface area is 172 Å². The molecule has 0 aliphatic heterocycles. The fourth-order valence-corrected chi connectivity index (χ4v) is 3.28. The van der Waals surface area contributed by atoms with Crippen LogP contribution >= 0.6 is 0 Å². The lowest BCUT2D eigenvalue weighted by Crippen LogP contribution is -2.18. The van der Waals surface area contributed by atoms with E-state index in [4.69, 9.17) is 5.73 Å². The molecule has 2 amide bonds. The second-order valence-electron chi connectivity index (χ2n) is 6.86. The quantitative estimate of drug-likeness (QED) is 0.462. The zero-order chi connectivity index (χ0) is 21.1. The topological polar surface area (TPSA) is 110 Å². The van der Waals surface area contributed by atoms with Crippen LogP contribution in [0, 0.1) is 0 Å². The molecule has 0 saturated heterocycles. The van der Waals surface area contributed by atoms with E-state index < -0.39 is 12.0 Å². The van der Waals surface area contributed by atoms with Crippen LogP contribution in [-0.2, 0) is 6.54 Å². The first-order chi connectivity index (χ1) is 14.5. The largest absolute Gasteiger partial charge is 0.387 e. The first kappa shape index (κ1) is 19.4. The number of amides is 2. The highest BCUT2D eigenvalue weighted by molar-refractivity contribution is 6.04. The molecule has 4 rings (SSSR count). The zero-order valence-electron chi connectivity index (χ0n) is 16.0. The third-order valence-electron chi connectivity index (χ3n) is 4.83. The molecule has 7 heteroatoms. The van der Waals surface area contributed by atoms with Gasteiger partial charge in [0.05, 0.1) is 23.7 Å². The van der Waals surface area contributed by atoms with Crippen LogP contribution in [0.5, 0.6) is 0 Å². The van der Waals surface area contributed by atoms with E-state index in [-0.39, 0.29) is 18.4 Å². The summed E-state index contributed by atoms with van der Waals surface area (Å²) in [5, 5.41) is 13.5. The van der Waals surface area contributed by atoms with Crippen LogP contribution in [0.3, 0.4) is 0 Å². The minimum Gasteiger partial charge on any atom is -0.387 e. The maximum Gasteiger partial charge on any atom is 0.257 e. The molecule has 4 aromatic rings. The molecular formula is C23H20N4O3. The fourth-order valence-electron chi connectivity index (χ4n) is 3.28. The van der Waals surface area contributed by atoms with Crippen LogP contribution in [0.2, 0.25) is 0 Å². The standard InChI is InChI=1S/C23H20N4O3/c24-21(29)17-11-12-19-18(13-17)25-23(26-22(30)16-9-5-2-6-10-16)27(19)14-20(28)15-7-3-1-4-8-15/h1-13,20,28H,14H2,(H2,24,29)(H,25,26,30). The lowest BCUT2D eigenvalue weighted by molar-refractivity contribution is 0.0997. The summed E-state index contributed by atoms with van der Waals surface area (Å²) in [4.78, 5) is 28.7. The van der Waals surface area contributed by atoms with Crippen LogP contribution in [0.1, 0.15) is 32.4 Å². The average molecular weight is 400 g/mol. The molecule has 30 heavy (non-hydrogen) atoms. The van der Waals surface area contributed by atoms with E-state index in [9.17, 15) is 14.7 Å². The third kappa shape index (κ3) is 3.92. The summed E-state index contributed by atoms with van der Waals surface area (Å²) >= 11 is 0. The van der Waals surface area contributed by atoms with Gasteiger partial charge in [0.2, 0.25) is 11.9 Å². The van der Waals surface area contributed by atoms with Crippen molar-refractivity contribution in [2.24, 2.45) is 5.73 Å². The molecule has 0 aliphatic carbocycles. The number of hydrogen-bond acceptors (Lipinski definition) is 4. The highest BCUT2D eigenvalue weighted by Gasteiger charge is 2.18. The van der Waals surface area contributed by atoms with Gasteiger partial charge in [-0.25, -0.2) is 4.98 Å². The van der Waals surface area contributed by atoms with E-state index in [0.717, 1.165) is 5.56 Å². The summed E-state index contributed by atoms with van der Waals surface area (Å²) < 4.78 is 1.72. The first-order valence-electron chi connectivity index (χ1n) is 9.42. The van der Waals surface area contributed by atoms with Crippen LogP contribution in [0.15, 0.2) is 78.9 Å². The number of carbonyl (C=O) groups excluding carboxylic acids is 2. The Morgan fingerprint density at radius 1 is 0.967 bits per heavy atom. The van der Waals surface area contributed by atoms with Gasteiger partial charge >= 0.3 is 0 Å². The summed E-state index contributed by atoms with van der Waals surface area (Å²) in [6.07, 6.45) is -0.813. The number of nitrogens with two attached hydrogens (primary N) is 1. The molecule has 1 atom stereocenters. The molecule has 3 aromatic carbocycles. The molecule has 150 valence electrons. The Kier molecular flexibility index (Phi) is 5.28. The Morgan fingerprint density at radius 2 is 1.63 bits per heavy atom. The summed E-state index contributed by atoms with van der Waals surface area (Å²) in [5.41, 5.74) is 8.08. The van der Waals surface area contributed by atoms with E-state index in [2.05, 4.69) is 10.3 Å². The predicted molar refractivity (Wildman–Crippen MR) is 114 cm³/mol. The van der Waals surface area contributed by atoms with E-state index in [1.807, 2.05) is 36.4 Å². The van der Waals surface area contributed by atoms with Gasteiger partial charge in [0.25, 0.3) is 5.91 Å². The number of hydrogen-bond donors (Lipinski definition) is 3. The normalized spacial score (nSPS) is 11.9. The Balaban J connectivity index is 1.74. The molecule has 0 saturated carbocycles. The Morgan fingerprint density at radius 3 is 2.30 bits per heavy atom. The van der Waals surface area contributed by atoms with Gasteiger partial charge in [-0.2, -0.15) is 0 Å². The highest BCUT2D eigenvalue weighted by atomic mass is 16.3. The maximum atomic E-state index is 12.7. The summed E-state index contributed by atoms with van der Waals surface area (Å²) in [5.74, 6) is -0.613. The van der Waals surface area contributed by atoms with Gasteiger partial charge in [0, 0.05) is 11.1 Å². The molecule has 1 aromatic heterocycles. The number of aliphatic hydroxyl groups is 1. The zero-order valence-corrected chi connectivity index (χ0v) is 16.0. The highest BCUT2D eigenvalue weighted by Crippen LogP contribution is 2.25. The van der Waals surface area contributed by atoms with Gasteiger partial charge in [-0.15, -0.1) is 0 Å². The van der Waals surface area contributed by atoms with E-state index in [0.29, 0.717) is 22.2 Å². The van der Waals surface area contributed by atoms with Crippen LogP contribution in [-0.4, -0.2) is 26.5 Å². The number of carbonyl (C=O) groups is 2. The number of anilines is 1. The van der Waals surface area contributed by atoms with E-state index in [1.54, 1.807) is 47.0 Å². The van der Waals surface area contributed by atoms with Crippen molar-refractivity contribution in [2.45, 2.75) is 12.6 Å². The van der Waals surface area contributed by atoms with Crippen molar-refractivity contribution in [3.8, 4) is 0 Å². The van der Waals surface area contributed by atoms with E-state index in [1.165, 1.54) is 0 Å². The SMILES string of the molecule is NC(=O)c1ccc2c(c1)nc(NC(=O)c1ccccc1)n2CC(O)c1ccccc1. The molecule has 0 bridgehead atoms. The number of fused-ring (bicyclic) bond motifs is 1. The van der Waals surface area contributed by atoms with Gasteiger partial charge in [0.1, 0.15) is 0 Å². The average Bonchev–Trinajstić information content (AvgIpc) is 3.11. The fraction of sp³-hybridized carbons (Fsp3) is 0.0870. The first-order valence-corrected chi connectivity index (χ1v) is 9.42. The molecule has 0 aliphatic rings. The summed E-state index contributed by atoms with van der Waals surface area (Å²) in [6, 6.07) is 22.9. The van der Waals surface area contributed by atoms with E-state index >= 15 is 0 Å². The van der Waals surface area contributed by atoms with Crippen molar-refractivity contribution < 1.29 is 14.7 Å². The number of aliphatic hydroxyl groups excluding tert-OH is 1. The van der Waals surface area contributed by atoms with Gasteiger partial charge in [0.15, 0.2) is 0 Å². The molecule has 1 unspecified atom stereocenters. The molecule has 0 fully saturated rings. The minimum absolute atomic E-state index is 0.167. The smallest absolute Gasteiger partial charge is 0.257 e. The van der Waals surface area contributed by atoms with Gasteiger partial charge in [-0.3, -0.25) is 14.9 Å². The number of primary amides is 1. The van der Waals surface area contributed by atoms with Crippen molar-refractivity contribution in [1.82, 2.24) is 9.55 Å². The monoisotopic (exact) mass is 400 g/mol. The van der Waals surface area contributed by atoms with Gasteiger partial charge in [-0.05, 0) is 35.9 Å². The molecule has 7 nitrogen and oxygen atoms in total. The van der Waals surface area contributed by atoms with Crippen LogP contribution in [0.25, 0.3) is 11.0 Å². The third-order valence-corrected chi connectivity index (χ3v) is 4.83. The predicted octanol–water partition coefficient (Wildman–Crippen LogP) is 3.12. The van der Waals surface area contributed by atoms with Gasteiger partial charge < -0.3 is 15.4 Å². The second-order valence-corrected chi connectivity index (χ2v) is 6.86. The summed E-state index contributed by atoms with van der Waals surface area (Å²) in [6.45, 7) is 0.167. The molecule has 0 spiro atoms. The number of aromatic nitrogens is 2. The molecular weight excluding hydrogens is 380 g/mol. The number of nitrogens with one attached hydrogen (secondary N) is 1.